The molecular weight excluding hydrogens is 314 g/mol. The monoisotopic (exact) mass is 341 g/mol. The van der Waals surface area contributed by atoms with Gasteiger partial charge in [-0.25, -0.2) is 4.79 Å². The van der Waals surface area contributed by atoms with Crippen molar-refractivity contribution in [2.45, 2.75) is 40.4 Å². The Kier molecular flexibility index (Phi) is 5.38. The summed E-state index contributed by atoms with van der Waals surface area (Å²) in [6, 6.07) is 9.63. The number of nitrogens with one attached hydrogen (secondary N) is 2. The summed E-state index contributed by atoms with van der Waals surface area (Å²) < 4.78 is 2.06. The van der Waals surface area contributed by atoms with Gasteiger partial charge in [0.05, 0.1) is 24.5 Å². The molecule has 3 rings (SSSR count). The van der Waals surface area contributed by atoms with Crippen LogP contribution in [0.1, 0.15) is 30.8 Å². The second-order valence-electron chi connectivity index (χ2n) is 7.15. The number of amides is 2. The molecular formula is C19H27N5O. The number of hydrogen-bond donors (Lipinski definition) is 2. The topological polar surface area (TPSA) is 62.2 Å². The molecule has 0 atom stereocenters. The van der Waals surface area contributed by atoms with Gasteiger partial charge in [0.1, 0.15) is 0 Å². The highest BCUT2D eigenvalue weighted by atomic mass is 16.2. The van der Waals surface area contributed by atoms with Crippen LogP contribution in [-0.2, 0) is 19.6 Å². The third-order valence-electron chi connectivity index (χ3n) is 4.29. The first-order chi connectivity index (χ1) is 12.0. The van der Waals surface area contributed by atoms with Crippen molar-refractivity contribution in [2.24, 2.45) is 5.92 Å². The second-order valence-corrected chi connectivity index (χ2v) is 7.15. The molecule has 0 saturated carbocycles. The maximum Gasteiger partial charge on any atom is 0.319 e. The van der Waals surface area contributed by atoms with Crippen LogP contribution in [0, 0.1) is 12.8 Å². The molecule has 1 aromatic carbocycles. The van der Waals surface area contributed by atoms with E-state index in [1.807, 2.05) is 31.2 Å². The molecule has 2 amide bonds. The molecule has 0 fully saturated rings. The quantitative estimate of drug-likeness (QED) is 0.879. The van der Waals surface area contributed by atoms with Gasteiger partial charge in [0.25, 0.3) is 0 Å². The van der Waals surface area contributed by atoms with Crippen LogP contribution >= 0.6 is 0 Å². The van der Waals surface area contributed by atoms with E-state index in [1.165, 1.54) is 11.3 Å². The van der Waals surface area contributed by atoms with Gasteiger partial charge in [-0.15, -0.1) is 0 Å². The van der Waals surface area contributed by atoms with E-state index in [1.54, 1.807) is 0 Å². The molecule has 0 saturated heterocycles. The smallest absolute Gasteiger partial charge is 0.319 e. The zero-order valence-corrected chi connectivity index (χ0v) is 15.2. The molecule has 1 aliphatic heterocycles. The average molecular weight is 341 g/mol. The number of carbonyl (C=O) groups excluding carboxylic acids is 1. The predicted octanol–water partition coefficient (Wildman–Crippen LogP) is 2.98. The number of fused-ring (bicyclic) bond motifs is 1. The van der Waals surface area contributed by atoms with Crippen molar-refractivity contribution in [2.75, 3.05) is 18.4 Å². The predicted molar refractivity (Wildman–Crippen MR) is 99.4 cm³/mol. The van der Waals surface area contributed by atoms with Crippen LogP contribution in [0.15, 0.2) is 30.3 Å². The minimum Gasteiger partial charge on any atom is -0.332 e. The van der Waals surface area contributed by atoms with Crippen LogP contribution in [0.5, 0.6) is 0 Å². The molecule has 0 spiro atoms. The van der Waals surface area contributed by atoms with E-state index < -0.39 is 0 Å². The van der Waals surface area contributed by atoms with Crippen LogP contribution in [0.4, 0.5) is 10.5 Å². The van der Waals surface area contributed by atoms with Crippen molar-refractivity contribution in [1.82, 2.24) is 20.0 Å². The molecule has 2 aromatic rings. The number of nitrogens with zero attached hydrogens (tertiary/aromatic N) is 3. The fourth-order valence-corrected chi connectivity index (χ4v) is 3.12. The van der Waals surface area contributed by atoms with E-state index in [9.17, 15) is 4.79 Å². The Hall–Kier alpha value is -2.34. The summed E-state index contributed by atoms with van der Waals surface area (Å²) in [5.41, 5.74) is 4.08. The molecule has 0 radical (unpaired) electrons. The highest BCUT2D eigenvalue weighted by molar-refractivity contribution is 5.89. The summed E-state index contributed by atoms with van der Waals surface area (Å²) in [6.07, 6.45) is 0. The van der Waals surface area contributed by atoms with Crippen molar-refractivity contribution in [1.29, 1.82) is 0 Å². The van der Waals surface area contributed by atoms with Gasteiger partial charge in [-0.05, 0) is 31.0 Å². The van der Waals surface area contributed by atoms with E-state index in [0.717, 1.165) is 37.6 Å². The Labute approximate surface area is 149 Å². The third-order valence-corrected chi connectivity index (χ3v) is 4.29. The minimum absolute atomic E-state index is 0.212. The van der Waals surface area contributed by atoms with Gasteiger partial charge in [0, 0.05) is 25.3 Å². The van der Waals surface area contributed by atoms with Gasteiger partial charge in [-0.3, -0.25) is 9.58 Å². The van der Waals surface area contributed by atoms with Gasteiger partial charge in [0.2, 0.25) is 0 Å². The first kappa shape index (κ1) is 17.5. The number of urea groups is 1. The molecule has 6 heteroatoms. The maximum absolute atomic E-state index is 12.0. The van der Waals surface area contributed by atoms with Crippen LogP contribution in [-0.4, -0.2) is 33.8 Å². The Morgan fingerprint density at radius 1 is 1.24 bits per heavy atom. The van der Waals surface area contributed by atoms with Crippen LogP contribution in [0.25, 0.3) is 0 Å². The molecule has 2 heterocycles. The third kappa shape index (κ3) is 4.82. The summed E-state index contributed by atoms with van der Waals surface area (Å²) >= 11 is 0. The SMILES string of the molecule is Cc1ccc(NC(=O)NCc2cc3n(n2)CCN(CC(C)C)C3)cc1. The summed E-state index contributed by atoms with van der Waals surface area (Å²) in [5.74, 6) is 0.668. The number of benzene rings is 1. The van der Waals surface area contributed by atoms with Crippen LogP contribution in [0.2, 0.25) is 0 Å². The highest BCUT2D eigenvalue weighted by Crippen LogP contribution is 2.15. The number of aryl methyl sites for hydroxylation is 1. The molecule has 1 aliphatic rings. The number of anilines is 1. The minimum atomic E-state index is -0.212. The highest BCUT2D eigenvalue weighted by Gasteiger charge is 2.19. The number of hydrogen-bond acceptors (Lipinski definition) is 3. The molecule has 1 aromatic heterocycles. The molecule has 0 unspecified atom stereocenters. The van der Waals surface area contributed by atoms with Gasteiger partial charge < -0.3 is 10.6 Å². The van der Waals surface area contributed by atoms with Crippen molar-refractivity contribution in [3.05, 3.63) is 47.3 Å². The summed E-state index contributed by atoms with van der Waals surface area (Å²) in [4.78, 5) is 14.5. The Morgan fingerprint density at radius 3 is 2.72 bits per heavy atom. The lowest BCUT2D eigenvalue weighted by atomic mass is 10.2. The first-order valence-electron chi connectivity index (χ1n) is 8.89. The maximum atomic E-state index is 12.0. The molecule has 25 heavy (non-hydrogen) atoms. The largest absolute Gasteiger partial charge is 0.332 e. The lowest BCUT2D eigenvalue weighted by Crippen LogP contribution is -2.36. The molecule has 2 N–H and O–H groups in total. The van der Waals surface area contributed by atoms with E-state index in [2.05, 4.69) is 45.2 Å². The van der Waals surface area contributed by atoms with Crippen molar-refractivity contribution in [3.63, 3.8) is 0 Å². The lowest BCUT2D eigenvalue weighted by Gasteiger charge is -2.28. The zero-order chi connectivity index (χ0) is 17.8. The number of aromatic nitrogens is 2. The fourth-order valence-electron chi connectivity index (χ4n) is 3.12. The van der Waals surface area contributed by atoms with Crippen molar-refractivity contribution < 1.29 is 4.79 Å². The standard InChI is InChI=1S/C19H27N5O/c1-14(2)12-23-8-9-24-18(13-23)10-17(22-24)11-20-19(25)21-16-6-4-15(3)5-7-16/h4-7,10,14H,8-9,11-13H2,1-3H3,(H2,20,21,25). The molecule has 0 bridgehead atoms. The second kappa shape index (κ2) is 7.70. The van der Waals surface area contributed by atoms with Gasteiger partial charge in [-0.1, -0.05) is 31.5 Å². The van der Waals surface area contributed by atoms with Crippen molar-refractivity contribution in [3.8, 4) is 0 Å². The lowest BCUT2D eigenvalue weighted by molar-refractivity contribution is 0.192. The normalized spacial score (nSPS) is 14.4. The van der Waals surface area contributed by atoms with E-state index in [4.69, 9.17) is 0 Å². The Balaban J connectivity index is 1.51. The Morgan fingerprint density at radius 2 is 2.00 bits per heavy atom. The number of carbonyl (C=O) groups is 1. The average Bonchev–Trinajstić information content (AvgIpc) is 2.97. The summed E-state index contributed by atoms with van der Waals surface area (Å²) in [7, 11) is 0. The molecule has 0 aliphatic carbocycles. The van der Waals surface area contributed by atoms with Gasteiger partial charge >= 0.3 is 6.03 Å². The zero-order valence-electron chi connectivity index (χ0n) is 15.2. The first-order valence-corrected chi connectivity index (χ1v) is 8.89. The summed E-state index contributed by atoms with van der Waals surface area (Å²) in [5, 5.41) is 10.3. The Bertz CT molecular complexity index is 720. The van der Waals surface area contributed by atoms with E-state index in [0.29, 0.717) is 12.5 Å². The van der Waals surface area contributed by atoms with E-state index in [-0.39, 0.29) is 6.03 Å². The van der Waals surface area contributed by atoms with E-state index >= 15 is 0 Å². The number of rotatable bonds is 5. The van der Waals surface area contributed by atoms with Crippen molar-refractivity contribution >= 4 is 11.7 Å². The summed E-state index contributed by atoms with van der Waals surface area (Å²) in [6.45, 7) is 10.9. The van der Waals surface area contributed by atoms with Crippen LogP contribution < -0.4 is 10.6 Å². The molecule has 134 valence electrons. The van der Waals surface area contributed by atoms with Gasteiger partial charge in [-0.2, -0.15) is 5.10 Å². The fraction of sp³-hybridized carbons (Fsp3) is 0.474. The van der Waals surface area contributed by atoms with Crippen LogP contribution in [0.3, 0.4) is 0 Å². The molecule has 6 nitrogen and oxygen atoms in total. The van der Waals surface area contributed by atoms with Gasteiger partial charge in [0.15, 0.2) is 0 Å².